The number of aliphatic imine (C=N–C) groups is 1. The Balaban J connectivity index is 1.18. The van der Waals surface area contributed by atoms with Crippen LogP contribution in [0.25, 0.3) is 0 Å². The highest BCUT2D eigenvalue weighted by Gasteiger charge is 2.33. The van der Waals surface area contributed by atoms with Gasteiger partial charge in [0, 0.05) is 25.6 Å². The van der Waals surface area contributed by atoms with Crippen molar-refractivity contribution in [2.75, 3.05) is 45.8 Å². The Morgan fingerprint density at radius 1 is 1.18 bits per heavy atom. The molecule has 6 nitrogen and oxygen atoms in total. The third-order valence-electron chi connectivity index (χ3n) is 7.65. The van der Waals surface area contributed by atoms with Crippen LogP contribution in [0.5, 0.6) is 0 Å². The molecule has 0 radical (unpaired) electrons. The van der Waals surface area contributed by atoms with Gasteiger partial charge in [0.25, 0.3) is 0 Å². The lowest BCUT2D eigenvalue weighted by Gasteiger charge is -2.33. The van der Waals surface area contributed by atoms with Gasteiger partial charge in [-0.3, -0.25) is 4.79 Å². The van der Waals surface area contributed by atoms with E-state index in [9.17, 15) is 4.79 Å². The van der Waals surface area contributed by atoms with Crippen molar-refractivity contribution in [3.05, 3.63) is 34.3 Å². The zero-order valence-electron chi connectivity index (χ0n) is 21.1. The van der Waals surface area contributed by atoms with Crippen LogP contribution in [0.15, 0.2) is 23.2 Å². The molecule has 188 valence electrons. The summed E-state index contributed by atoms with van der Waals surface area (Å²) < 4.78 is 6.10. The number of carbonyl (C=O) groups excluding carboxylic acids is 1. The fourth-order valence-electron chi connectivity index (χ4n) is 5.55. The van der Waals surface area contributed by atoms with Crippen LogP contribution in [-0.2, 0) is 9.53 Å². The first-order valence-corrected chi connectivity index (χ1v) is 13.5. The van der Waals surface area contributed by atoms with Gasteiger partial charge in [-0.25, -0.2) is 4.99 Å². The maximum Gasteiger partial charge on any atom is 0.223 e. The first-order chi connectivity index (χ1) is 16.4. The van der Waals surface area contributed by atoms with Crippen LogP contribution in [0.4, 0.5) is 0 Å². The number of ether oxygens (including phenoxy) is 1. The largest absolute Gasteiger partial charge is 0.472 e. The summed E-state index contributed by atoms with van der Waals surface area (Å²) in [6.45, 7) is 13.5. The number of likely N-dealkylation sites (tertiary alicyclic amines) is 2. The van der Waals surface area contributed by atoms with Crippen LogP contribution in [0.2, 0.25) is 5.02 Å². The molecule has 0 aliphatic carbocycles. The van der Waals surface area contributed by atoms with Crippen molar-refractivity contribution in [3.63, 3.8) is 0 Å². The number of nitrogens with zero attached hydrogens (tertiary/aromatic N) is 3. The predicted octanol–water partition coefficient (Wildman–Crippen LogP) is 4.13. The van der Waals surface area contributed by atoms with Crippen LogP contribution >= 0.6 is 11.6 Å². The van der Waals surface area contributed by atoms with Gasteiger partial charge >= 0.3 is 0 Å². The molecule has 0 aromatic heterocycles. The number of benzene rings is 1. The monoisotopic (exact) mass is 488 g/mol. The van der Waals surface area contributed by atoms with Crippen molar-refractivity contribution in [2.24, 2.45) is 16.8 Å². The van der Waals surface area contributed by atoms with E-state index in [1.807, 2.05) is 25.1 Å². The lowest BCUT2D eigenvalue weighted by Crippen LogP contribution is -2.44. The normalized spacial score (nSPS) is 26.8. The average Bonchev–Trinajstić information content (AvgIpc) is 3.16. The van der Waals surface area contributed by atoms with Crippen LogP contribution in [0.3, 0.4) is 0 Å². The summed E-state index contributed by atoms with van der Waals surface area (Å²) in [4.78, 5) is 22.5. The fourth-order valence-corrected chi connectivity index (χ4v) is 5.85. The van der Waals surface area contributed by atoms with E-state index in [1.165, 1.54) is 25.9 Å². The number of halogens is 1. The first-order valence-electron chi connectivity index (χ1n) is 13.1. The number of piperidine rings is 2. The number of carbonyl (C=O) groups is 1. The second kappa shape index (κ2) is 11.9. The van der Waals surface area contributed by atoms with Crippen LogP contribution in [0.1, 0.15) is 57.1 Å². The number of aryl methyl sites for hydroxylation is 1. The van der Waals surface area contributed by atoms with Gasteiger partial charge < -0.3 is 19.9 Å². The Kier molecular flexibility index (Phi) is 8.89. The van der Waals surface area contributed by atoms with Crippen molar-refractivity contribution < 1.29 is 9.53 Å². The standard InChI is InChI=1S/C27H41ClN4O2/c1-19-7-5-13-31(17-19)14-6-12-29-26(33)22-10-15-32(16-11-22)18-24-21(3)34-27(30-24)25-20(2)8-4-9-23(25)28/h4,8-9,19,21-22,24H,5-7,10-18H2,1-3H3,(H,29,33). The molecular weight excluding hydrogens is 448 g/mol. The smallest absolute Gasteiger partial charge is 0.223 e. The van der Waals surface area contributed by atoms with Gasteiger partial charge in [0.1, 0.15) is 12.1 Å². The third kappa shape index (κ3) is 6.52. The zero-order valence-corrected chi connectivity index (χ0v) is 21.8. The molecule has 3 aliphatic rings. The summed E-state index contributed by atoms with van der Waals surface area (Å²) in [6.07, 6.45) is 5.56. The molecule has 4 rings (SSSR count). The van der Waals surface area contributed by atoms with E-state index in [4.69, 9.17) is 21.3 Å². The highest BCUT2D eigenvalue weighted by atomic mass is 35.5. The highest BCUT2D eigenvalue weighted by molar-refractivity contribution is 6.34. The van der Waals surface area contributed by atoms with Gasteiger partial charge in [-0.05, 0) is 89.7 Å². The summed E-state index contributed by atoms with van der Waals surface area (Å²) in [5.74, 6) is 1.84. The minimum absolute atomic E-state index is 0.0228. The van der Waals surface area contributed by atoms with Crippen molar-refractivity contribution in [1.82, 2.24) is 15.1 Å². The Morgan fingerprint density at radius 2 is 1.97 bits per heavy atom. The quantitative estimate of drug-likeness (QED) is 0.559. The molecule has 3 unspecified atom stereocenters. The van der Waals surface area contributed by atoms with E-state index in [2.05, 4.69) is 29.0 Å². The zero-order chi connectivity index (χ0) is 24.1. The van der Waals surface area contributed by atoms with Gasteiger partial charge in [-0.1, -0.05) is 30.7 Å². The van der Waals surface area contributed by atoms with Crippen molar-refractivity contribution in [2.45, 2.75) is 65.0 Å². The van der Waals surface area contributed by atoms with Gasteiger partial charge in [0.2, 0.25) is 11.8 Å². The molecule has 3 atom stereocenters. The van der Waals surface area contributed by atoms with Gasteiger partial charge in [0.05, 0.1) is 10.6 Å². The number of nitrogens with one attached hydrogen (secondary N) is 1. The van der Waals surface area contributed by atoms with Crippen LogP contribution in [0, 0.1) is 18.8 Å². The molecule has 1 aromatic carbocycles. The maximum atomic E-state index is 12.7. The molecular formula is C27H41ClN4O2. The molecule has 0 bridgehead atoms. The van der Waals surface area contributed by atoms with Gasteiger partial charge in [-0.2, -0.15) is 0 Å². The van der Waals surface area contributed by atoms with Crippen LogP contribution in [-0.4, -0.2) is 79.6 Å². The van der Waals surface area contributed by atoms with Gasteiger partial charge in [0.15, 0.2) is 0 Å². The summed E-state index contributed by atoms with van der Waals surface area (Å²) in [5, 5.41) is 3.88. The molecule has 1 aromatic rings. The Labute approximate surface area is 210 Å². The summed E-state index contributed by atoms with van der Waals surface area (Å²) in [7, 11) is 0. The Bertz CT molecular complexity index is 848. The Hall–Kier alpha value is -1.63. The first kappa shape index (κ1) is 25.5. The SMILES string of the molecule is Cc1cccc(Cl)c1C1=NC(CN2CCC(C(=O)NCCCN3CCCC(C)C3)CC2)C(C)O1. The van der Waals surface area contributed by atoms with E-state index in [0.29, 0.717) is 10.9 Å². The lowest BCUT2D eigenvalue weighted by molar-refractivity contribution is -0.126. The Morgan fingerprint density at radius 3 is 2.71 bits per heavy atom. The molecule has 0 saturated carbocycles. The van der Waals surface area contributed by atoms with E-state index >= 15 is 0 Å². The summed E-state index contributed by atoms with van der Waals surface area (Å²) in [5.41, 5.74) is 1.99. The predicted molar refractivity (Wildman–Crippen MR) is 139 cm³/mol. The topological polar surface area (TPSA) is 57.2 Å². The summed E-state index contributed by atoms with van der Waals surface area (Å²) >= 11 is 6.42. The minimum Gasteiger partial charge on any atom is -0.472 e. The molecule has 34 heavy (non-hydrogen) atoms. The minimum atomic E-state index is 0.0228. The average molecular weight is 489 g/mol. The van der Waals surface area contributed by atoms with E-state index in [1.54, 1.807) is 0 Å². The van der Waals surface area contributed by atoms with Crippen molar-refractivity contribution in [1.29, 1.82) is 0 Å². The second-order valence-electron chi connectivity index (χ2n) is 10.5. The maximum absolute atomic E-state index is 12.7. The molecule has 7 heteroatoms. The number of amides is 1. The fraction of sp³-hybridized carbons (Fsp3) is 0.704. The molecule has 1 N–H and O–H groups in total. The second-order valence-corrected chi connectivity index (χ2v) is 10.9. The highest BCUT2D eigenvalue weighted by Crippen LogP contribution is 2.27. The van der Waals surface area contributed by atoms with Crippen molar-refractivity contribution in [3.8, 4) is 0 Å². The van der Waals surface area contributed by atoms with E-state index < -0.39 is 0 Å². The molecule has 2 saturated heterocycles. The van der Waals surface area contributed by atoms with E-state index in [0.717, 1.165) is 69.0 Å². The third-order valence-corrected chi connectivity index (χ3v) is 7.97. The number of hydrogen-bond acceptors (Lipinski definition) is 5. The number of hydrogen-bond donors (Lipinski definition) is 1. The number of rotatable bonds is 8. The lowest BCUT2D eigenvalue weighted by atomic mass is 9.95. The molecule has 0 spiro atoms. The molecule has 3 heterocycles. The van der Waals surface area contributed by atoms with Crippen LogP contribution < -0.4 is 5.32 Å². The molecule has 2 fully saturated rings. The van der Waals surface area contributed by atoms with Gasteiger partial charge in [-0.15, -0.1) is 0 Å². The summed E-state index contributed by atoms with van der Waals surface area (Å²) in [6, 6.07) is 5.97. The molecule has 1 amide bonds. The van der Waals surface area contributed by atoms with Crippen molar-refractivity contribution >= 4 is 23.4 Å². The van der Waals surface area contributed by atoms with E-state index in [-0.39, 0.29) is 24.0 Å². The molecule has 3 aliphatic heterocycles.